The lowest BCUT2D eigenvalue weighted by Gasteiger charge is -2.15. The van der Waals surface area contributed by atoms with Crippen molar-refractivity contribution >= 4 is 6.08 Å². The summed E-state index contributed by atoms with van der Waals surface area (Å²) in [6.45, 7) is 10.1. The second kappa shape index (κ2) is 7.17. The fraction of sp³-hybridized carbons (Fsp3) is 0.300. The van der Waals surface area contributed by atoms with Crippen molar-refractivity contribution in [3.8, 4) is 11.5 Å². The number of aromatic hydroxyl groups is 1. The number of fused-ring (bicyclic) bond motifs is 1. The normalized spacial score (nSPS) is 13.6. The molecule has 0 fully saturated rings. The van der Waals surface area contributed by atoms with Crippen LogP contribution in [0.3, 0.4) is 0 Å². The monoisotopic (exact) mass is 296 g/mol. The number of phenolic OH excluding ortho intramolecular Hbond substituents is 1. The van der Waals surface area contributed by atoms with Gasteiger partial charge in [0.2, 0.25) is 0 Å². The second-order valence-electron chi connectivity index (χ2n) is 6.00. The molecule has 1 aliphatic heterocycles. The molecule has 0 saturated carbocycles. The topological polar surface area (TPSA) is 29.5 Å². The molecule has 0 aliphatic carbocycles. The van der Waals surface area contributed by atoms with Crippen LogP contribution in [0.5, 0.6) is 11.5 Å². The molecule has 0 atom stereocenters. The molecule has 2 nitrogen and oxygen atoms in total. The molecule has 0 spiro atoms. The number of allylic oxidation sites excluding steroid dienone is 5. The van der Waals surface area contributed by atoms with Crippen molar-refractivity contribution in [2.75, 3.05) is 0 Å². The molecule has 1 aromatic carbocycles. The Hall–Kier alpha value is -2.22. The predicted octanol–water partition coefficient (Wildman–Crippen LogP) is 5.55. The van der Waals surface area contributed by atoms with Crippen LogP contribution in [0, 0.1) is 0 Å². The lowest BCUT2D eigenvalue weighted by Crippen LogP contribution is -1.98. The average Bonchev–Trinajstić information content (AvgIpc) is 2.44. The molecule has 2 heteroatoms. The van der Waals surface area contributed by atoms with Gasteiger partial charge in [-0.25, -0.2) is 0 Å². The molecule has 1 heterocycles. The van der Waals surface area contributed by atoms with Gasteiger partial charge < -0.3 is 9.84 Å². The summed E-state index contributed by atoms with van der Waals surface area (Å²) in [5.74, 6) is 1.53. The molecule has 0 unspecified atom stereocenters. The van der Waals surface area contributed by atoms with Crippen LogP contribution in [0.25, 0.3) is 6.08 Å². The fourth-order valence-corrected chi connectivity index (χ4v) is 2.35. The summed E-state index contributed by atoms with van der Waals surface area (Å²) in [5.41, 5.74) is 4.60. The summed E-state index contributed by atoms with van der Waals surface area (Å²) in [5, 5.41) is 10.1. The molecular formula is C20H24O2. The van der Waals surface area contributed by atoms with Gasteiger partial charge in [0.25, 0.3) is 0 Å². The summed E-state index contributed by atoms with van der Waals surface area (Å²) in [6, 6.07) is 3.65. The highest BCUT2D eigenvalue weighted by atomic mass is 16.5. The van der Waals surface area contributed by atoms with E-state index in [-0.39, 0.29) is 5.75 Å². The Morgan fingerprint density at radius 3 is 2.68 bits per heavy atom. The van der Waals surface area contributed by atoms with Crippen LogP contribution in [-0.2, 0) is 6.42 Å². The Balaban J connectivity index is 2.06. The van der Waals surface area contributed by atoms with Crippen LogP contribution in [0.4, 0.5) is 0 Å². The second-order valence-corrected chi connectivity index (χ2v) is 6.00. The number of phenols is 1. The predicted molar refractivity (Wildman–Crippen MR) is 93.0 cm³/mol. The van der Waals surface area contributed by atoms with E-state index in [1.54, 1.807) is 6.07 Å². The van der Waals surface area contributed by atoms with Gasteiger partial charge >= 0.3 is 0 Å². The SMILES string of the molecule is C=C1C=Cc2cc(C/C=C(\C)CCC=C(C)C)c(O)cc2O1. The summed E-state index contributed by atoms with van der Waals surface area (Å²) in [7, 11) is 0. The third-order valence-corrected chi connectivity index (χ3v) is 3.66. The largest absolute Gasteiger partial charge is 0.508 e. The highest BCUT2D eigenvalue weighted by Gasteiger charge is 2.12. The van der Waals surface area contributed by atoms with Crippen LogP contribution in [0.2, 0.25) is 0 Å². The van der Waals surface area contributed by atoms with Gasteiger partial charge in [-0.1, -0.05) is 29.9 Å². The number of hydrogen-bond acceptors (Lipinski definition) is 2. The Morgan fingerprint density at radius 2 is 1.95 bits per heavy atom. The molecule has 2 rings (SSSR count). The Kier molecular flexibility index (Phi) is 5.26. The molecule has 0 aromatic heterocycles. The van der Waals surface area contributed by atoms with Crippen molar-refractivity contribution in [3.05, 3.63) is 65.0 Å². The maximum atomic E-state index is 10.1. The molecule has 0 saturated heterocycles. The van der Waals surface area contributed by atoms with Gasteiger partial charge in [-0.05, 0) is 63.8 Å². The first-order chi connectivity index (χ1) is 10.5. The van der Waals surface area contributed by atoms with E-state index in [0.29, 0.717) is 11.5 Å². The van der Waals surface area contributed by atoms with Crippen molar-refractivity contribution in [2.45, 2.75) is 40.0 Å². The summed E-state index contributed by atoms with van der Waals surface area (Å²) < 4.78 is 5.51. The van der Waals surface area contributed by atoms with Gasteiger partial charge in [-0.3, -0.25) is 0 Å². The zero-order valence-corrected chi connectivity index (χ0v) is 13.6. The number of ether oxygens (including phenoxy) is 1. The van der Waals surface area contributed by atoms with Crippen LogP contribution in [0.1, 0.15) is 44.7 Å². The Labute approximate surface area is 133 Å². The number of benzene rings is 1. The standard InChI is InChI=1S/C20H24O2/c1-14(2)6-5-7-15(3)8-10-17-12-18-11-9-16(4)22-20(18)13-19(17)21/h6,8-9,11-13,21H,4-5,7,10H2,1-3H3/b15-8+. The van der Waals surface area contributed by atoms with Gasteiger partial charge in [0, 0.05) is 11.6 Å². The minimum Gasteiger partial charge on any atom is -0.508 e. The molecule has 116 valence electrons. The maximum absolute atomic E-state index is 10.1. The third kappa shape index (κ3) is 4.39. The van der Waals surface area contributed by atoms with E-state index >= 15 is 0 Å². The van der Waals surface area contributed by atoms with Crippen molar-refractivity contribution < 1.29 is 9.84 Å². The van der Waals surface area contributed by atoms with E-state index in [0.717, 1.165) is 30.4 Å². The zero-order chi connectivity index (χ0) is 16.1. The van der Waals surface area contributed by atoms with Crippen LogP contribution < -0.4 is 4.74 Å². The van der Waals surface area contributed by atoms with Crippen molar-refractivity contribution in [1.29, 1.82) is 0 Å². The molecule has 1 aromatic rings. The first-order valence-corrected chi connectivity index (χ1v) is 7.65. The molecule has 0 amide bonds. The van der Waals surface area contributed by atoms with Gasteiger partial charge in [0.1, 0.15) is 17.3 Å². The Bertz CT molecular complexity index is 657. The van der Waals surface area contributed by atoms with Crippen molar-refractivity contribution in [1.82, 2.24) is 0 Å². The van der Waals surface area contributed by atoms with Crippen LogP contribution >= 0.6 is 0 Å². The molecule has 1 N–H and O–H groups in total. The fourth-order valence-electron chi connectivity index (χ4n) is 2.35. The zero-order valence-electron chi connectivity index (χ0n) is 13.6. The maximum Gasteiger partial charge on any atom is 0.138 e. The molecule has 1 aliphatic rings. The molecule has 0 radical (unpaired) electrons. The van der Waals surface area contributed by atoms with E-state index < -0.39 is 0 Å². The first-order valence-electron chi connectivity index (χ1n) is 7.65. The van der Waals surface area contributed by atoms with E-state index in [9.17, 15) is 5.11 Å². The van der Waals surface area contributed by atoms with Crippen LogP contribution in [0.15, 0.2) is 53.8 Å². The molecular weight excluding hydrogens is 272 g/mol. The van der Waals surface area contributed by atoms with E-state index in [2.05, 4.69) is 39.5 Å². The quantitative estimate of drug-likeness (QED) is 0.722. The summed E-state index contributed by atoms with van der Waals surface area (Å²) in [6.07, 6.45) is 11.1. The van der Waals surface area contributed by atoms with E-state index in [1.165, 1.54) is 11.1 Å². The average molecular weight is 296 g/mol. The van der Waals surface area contributed by atoms with E-state index in [1.807, 2.05) is 18.2 Å². The molecule has 0 bridgehead atoms. The number of rotatable bonds is 5. The Morgan fingerprint density at radius 1 is 1.18 bits per heavy atom. The van der Waals surface area contributed by atoms with Gasteiger partial charge in [-0.15, -0.1) is 0 Å². The van der Waals surface area contributed by atoms with Gasteiger partial charge in [-0.2, -0.15) is 0 Å². The summed E-state index contributed by atoms with van der Waals surface area (Å²) in [4.78, 5) is 0. The van der Waals surface area contributed by atoms with Crippen LogP contribution in [-0.4, -0.2) is 5.11 Å². The summed E-state index contributed by atoms with van der Waals surface area (Å²) >= 11 is 0. The van der Waals surface area contributed by atoms with Crippen molar-refractivity contribution in [2.24, 2.45) is 0 Å². The molecule has 22 heavy (non-hydrogen) atoms. The third-order valence-electron chi connectivity index (χ3n) is 3.66. The first kappa shape index (κ1) is 16.2. The minimum absolute atomic E-state index is 0.273. The highest BCUT2D eigenvalue weighted by molar-refractivity contribution is 5.65. The van der Waals surface area contributed by atoms with Gasteiger partial charge in [0.15, 0.2) is 0 Å². The lowest BCUT2D eigenvalue weighted by molar-refractivity contribution is 0.428. The number of hydrogen-bond donors (Lipinski definition) is 1. The smallest absolute Gasteiger partial charge is 0.138 e. The highest BCUT2D eigenvalue weighted by Crippen LogP contribution is 2.33. The van der Waals surface area contributed by atoms with Gasteiger partial charge in [0.05, 0.1) is 0 Å². The minimum atomic E-state index is 0.273. The lowest BCUT2D eigenvalue weighted by atomic mass is 10.0. The van der Waals surface area contributed by atoms with E-state index in [4.69, 9.17) is 4.74 Å². The van der Waals surface area contributed by atoms with Crippen molar-refractivity contribution in [3.63, 3.8) is 0 Å².